The Morgan fingerprint density at radius 1 is 1.35 bits per heavy atom. The summed E-state index contributed by atoms with van der Waals surface area (Å²) in [7, 11) is 0. The van der Waals surface area contributed by atoms with Crippen LogP contribution in [0.1, 0.15) is 65.5 Å². The molecule has 1 aliphatic carbocycles. The summed E-state index contributed by atoms with van der Waals surface area (Å²) in [5, 5.41) is 11.5. The molecule has 1 aromatic carbocycles. The minimum atomic E-state index is -3.55. The lowest BCUT2D eigenvalue weighted by Crippen LogP contribution is -2.45. The number of hydrogen-bond donors (Lipinski definition) is 2. The van der Waals surface area contributed by atoms with Crippen LogP contribution in [-0.4, -0.2) is 23.0 Å². The summed E-state index contributed by atoms with van der Waals surface area (Å²) in [5.74, 6) is -8.44. The van der Waals surface area contributed by atoms with Crippen molar-refractivity contribution in [1.29, 1.82) is 0 Å². The van der Waals surface area contributed by atoms with Gasteiger partial charge in [-0.3, -0.25) is 4.79 Å². The van der Waals surface area contributed by atoms with Crippen molar-refractivity contribution in [3.63, 3.8) is 0 Å². The molecular weight excluding hydrogens is 290 g/mol. The van der Waals surface area contributed by atoms with E-state index in [4.69, 9.17) is 20.6 Å². The van der Waals surface area contributed by atoms with Gasteiger partial charge in [0.2, 0.25) is 5.91 Å². The zero-order chi connectivity index (χ0) is 29.8. The standard InChI is InChI=1S/C19H27NO3/c1-13(2)15-8-10-16(11-9-15)18(21)20-17(19(22)23)12-14-6-4-3-5-7-14/h3-7,13,15-17H,8-12H2,1-2H3,(H,20,21)(H,22,23)/t15?,16?,17-/m0/s1/i1D3,2D3,3D,4D,5D,6D,7D,12D2,13D,17D. The molecule has 0 spiro atoms. The lowest BCUT2D eigenvalue weighted by molar-refractivity contribution is -0.142. The van der Waals surface area contributed by atoms with Crippen LogP contribution in [0.15, 0.2) is 30.2 Å². The monoisotopic (exact) mass is 332 g/mol. The Morgan fingerprint density at radius 3 is 2.57 bits per heavy atom. The molecule has 0 radical (unpaired) electrons. The highest BCUT2D eigenvalue weighted by Crippen LogP contribution is 2.33. The lowest BCUT2D eigenvalue weighted by Gasteiger charge is -2.30. The highest BCUT2D eigenvalue weighted by Gasteiger charge is 2.30. The zero-order valence-electron chi connectivity index (χ0n) is 27.2. The predicted octanol–water partition coefficient (Wildman–Crippen LogP) is 3.26. The fraction of sp³-hybridized carbons (Fsp3) is 0.579. The van der Waals surface area contributed by atoms with E-state index >= 15 is 0 Å². The van der Waals surface area contributed by atoms with E-state index in [0.717, 1.165) is 0 Å². The van der Waals surface area contributed by atoms with E-state index in [-0.39, 0.29) is 25.7 Å². The Kier molecular flexibility index (Phi) is 2.20. The van der Waals surface area contributed by atoms with E-state index in [9.17, 15) is 14.7 Å². The molecule has 0 bridgehead atoms. The summed E-state index contributed by atoms with van der Waals surface area (Å²) in [6.45, 7) is -6.34. The summed E-state index contributed by atoms with van der Waals surface area (Å²) >= 11 is 0. The number of carbonyl (C=O) groups is 2. The molecule has 2 N–H and O–H groups in total. The van der Waals surface area contributed by atoms with Crippen molar-refractivity contribution in [3.05, 3.63) is 35.8 Å². The molecule has 2 rings (SSSR count). The minimum Gasteiger partial charge on any atom is -0.480 e. The predicted molar refractivity (Wildman–Crippen MR) is 90.0 cm³/mol. The molecule has 1 atom stereocenters. The molecule has 1 saturated carbocycles. The van der Waals surface area contributed by atoms with Gasteiger partial charge in [0.25, 0.3) is 0 Å². The van der Waals surface area contributed by atoms with Crippen LogP contribution < -0.4 is 5.32 Å². The Morgan fingerprint density at radius 2 is 2.00 bits per heavy atom. The summed E-state index contributed by atoms with van der Waals surface area (Å²) in [5.41, 5.74) is -1.14. The maximum atomic E-state index is 13.0. The van der Waals surface area contributed by atoms with Gasteiger partial charge in [0.1, 0.15) is 6.02 Å². The van der Waals surface area contributed by atoms with E-state index in [1.54, 1.807) is 5.32 Å². The third-order valence-electron chi connectivity index (χ3n) is 3.72. The average Bonchev–Trinajstić information content (AvgIpc) is 2.79. The maximum absolute atomic E-state index is 13.0. The van der Waals surface area contributed by atoms with Gasteiger partial charge in [-0.05, 0) is 43.1 Å². The van der Waals surface area contributed by atoms with Gasteiger partial charge in [0, 0.05) is 24.6 Å². The first kappa shape index (κ1) is 6.23. The third-order valence-corrected chi connectivity index (χ3v) is 3.72. The van der Waals surface area contributed by atoms with Gasteiger partial charge in [-0.15, -0.1) is 0 Å². The third kappa shape index (κ3) is 5.08. The van der Waals surface area contributed by atoms with Crippen molar-refractivity contribution in [2.75, 3.05) is 0 Å². The van der Waals surface area contributed by atoms with Crippen LogP contribution in [0.25, 0.3) is 0 Å². The van der Waals surface area contributed by atoms with Gasteiger partial charge in [0.15, 0.2) is 0 Å². The van der Waals surface area contributed by atoms with Gasteiger partial charge in [-0.2, -0.15) is 0 Å². The van der Waals surface area contributed by atoms with Crippen molar-refractivity contribution < 1.29 is 35.3 Å². The largest absolute Gasteiger partial charge is 0.480 e. The van der Waals surface area contributed by atoms with Crippen LogP contribution >= 0.6 is 0 Å². The van der Waals surface area contributed by atoms with Gasteiger partial charge in [0.05, 0.1) is 8.22 Å². The first-order valence-electron chi connectivity index (χ1n) is 14.6. The first-order chi connectivity index (χ1) is 17.0. The Balaban J connectivity index is 2.38. The number of rotatable bonds is 6. The number of benzene rings is 1. The fourth-order valence-corrected chi connectivity index (χ4v) is 2.45. The second-order valence-corrected chi connectivity index (χ2v) is 5.26. The van der Waals surface area contributed by atoms with E-state index in [1.807, 2.05) is 0 Å². The highest BCUT2D eigenvalue weighted by molar-refractivity contribution is 5.85. The van der Waals surface area contributed by atoms with Gasteiger partial charge in [-0.1, -0.05) is 43.9 Å². The summed E-state index contributed by atoms with van der Waals surface area (Å²) < 4.78 is 118. The SMILES string of the molecule is [2H]c1c([2H])c([2H])c(C([2H])([2H])[C@]([2H])(NC(=O)C2CCC(C([2H])(C([2H])([2H])[2H])C([2H])([2H])[2H])CC2)C(=O)O)c([2H])c1[2H]. The first-order valence-corrected chi connectivity index (χ1v) is 7.09. The van der Waals surface area contributed by atoms with E-state index < -0.39 is 91.5 Å². The highest BCUT2D eigenvalue weighted by atomic mass is 16.4. The fourth-order valence-electron chi connectivity index (χ4n) is 2.45. The minimum absolute atomic E-state index is 0.184. The molecule has 0 saturated heterocycles. The topological polar surface area (TPSA) is 66.4 Å². The maximum Gasteiger partial charge on any atom is 0.326 e. The Hall–Kier alpha value is -1.84. The summed E-state index contributed by atoms with van der Waals surface area (Å²) in [6, 6.07) is -8.53. The molecule has 0 unspecified atom stereocenters. The Bertz CT molecular complexity index is 1070. The van der Waals surface area contributed by atoms with Crippen LogP contribution in [0.2, 0.25) is 0 Å². The number of aliphatic carboxylic acids is 1. The smallest absolute Gasteiger partial charge is 0.326 e. The number of carbonyl (C=O) groups excluding carboxylic acids is 1. The van der Waals surface area contributed by atoms with Crippen molar-refractivity contribution in [2.24, 2.45) is 17.7 Å². The summed E-state index contributed by atoms with van der Waals surface area (Å²) in [4.78, 5) is 25.1. The molecule has 4 heteroatoms. The van der Waals surface area contributed by atoms with Gasteiger partial charge in [-0.25, -0.2) is 4.79 Å². The molecule has 1 fully saturated rings. The number of carboxylic acid groups (broad SMARTS) is 1. The molecule has 4 nitrogen and oxygen atoms in total. The van der Waals surface area contributed by atoms with Crippen molar-refractivity contribution in [2.45, 2.75) is 51.8 Å². The molecule has 1 aromatic rings. The molecule has 1 amide bonds. The van der Waals surface area contributed by atoms with E-state index in [0.29, 0.717) is 0 Å². The Labute approximate surface area is 159 Å². The second-order valence-electron chi connectivity index (χ2n) is 5.26. The normalized spacial score (nSPS) is 35.6. The van der Waals surface area contributed by atoms with Gasteiger partial charge >= 0.3 is 5.97 Å². The average molecular weight is 333 g/mol. The molecule has 0 aromatic heterocycles. The van der Waals surface area contributed by atoms with Crippen molar-refractivity contribution >= 4 is 11.9 Å². The van der Waals surface area contributed by atoms with Crippen molar-refractivity contribution in [1.82, 2.24) is 5.32 Å². The van der Waals surface area contributed by atoms with Crippen LogP contribution in [0.4, 0.5) is 0 Å². The number of amides is 1. The summed E-state index contributed by atoms with van der Waals surface area (Å²) in [6.07, 6.45) is -4.30. The number of nitrogens with one attached hydrogen (secondary N) is 1. The lowest BCUT2D eigenvalue weighted by atomic mass is 9.76. The molecule has 0 aliphatic heterocycles. The number of hydrogen-bond acceptors (Lipinski definition) is 2. The van der Waals surface area contributed by atoms with Crippen LogP contribution in [0, 0.1) is 17.7 Å². The molecule has 126 valence electrons. The van der Waals surface area contributed by atoms with Gasteiger partial charge < -0.3 is 10.4 Å². The molecule has 1 aliphatic rings. The van der Waals surface area contributed by atoms with Crippen LogP contribution in [0.5, 0.6) is 0 Å². The number of carboxylic acids is 1. The molecule has 23 heavy (non-hydrogen) atoms. The van der Waals surface area contributed by atoms with E-state index in [1.165, 1.54) is 0 Å². The van der Waals surface area contributed by atoms with E-state index in [2.05, 4.69) is 0 Å². The molecular formula is C19H27NO3. The second kappa shape index (κ2) is 8.14. The van der Waals surface area contributed by atoms with Crippen molar-refractivity contribution in [3.8, 4) is 0 Å². The van der Waals surface area contributed by atoms with Crippen LogP contribution in [-0.2, 0) is 16.0 Å². The zero-order valence-corrected chi connectivity index (χ0v) is 12.2. The quantitative estimate of drug-likeness (QED) is 0.840. The van der Waals surface area contributed by atoms with Crippen LogP contribution in [0.3, 0.4) is 0 Å². The molecule has 0 heterocycles.